The van der Waals surface area contributed by atoms with Crippen molar-refractivity contribution >= 4 is 62.2 Å². The van der Waals surface area contributed by atoms with Gasteiger partial charge in [-0.3, -0.25) is 14.4 Å². The molecule has 12 nitrogen and oxygen atoms in total. The van der Waals surface area contributed by atoms with Crippen molar-refractivity contribution in [3.63, 3.8) is 0 Å². The molecule has 0 aliphatic rings. The Bertz CT molecular complexity index is 1630. The highest BCUT2D eigenvalue weighted by Crippen LogP contribution is 2.28. The number of ether oxygens (including phenoxy) is 4. The second kappa shape index (κ2) is 17.9. The van der Waals surface area contributed by atoms with E-state index in [0.29, 0.717) is 49.9 Å². The van der Waals surface area contributed by atoms with Gasteiger partial charge in [0.2, 0.25) is 17.5 Å². The van der Waals surface area contributed by atoms with Gasteiger partial charge in [0.15, 0.2) is 0 Å². The maximum Gasteiger partial charge on any atom is 0.279 e. The van der Waals surface area contributed by atoms with Crippen molar-refractivity contribution in [3.05, 3.63) is 92.1 Å². The Morgan fingerprint density at radius 1 is 0.711 bits per heavy atom. The molecule has 0 spiro atoms. The van der Waals surface area contributed by atoms with Crippen molar-refractivity contribution in [1.29, 1.82) is 0 Å². The zero-order chi connectivity index (χ0) is 33.7. The molecule has 0 unspecified atom stereocenters. The Balaban J connectivity index is 0.000000248. The lowest BCUT2D eigenvalue weighted by Crippen LogP contribution is -2.26. The molecule has 2 heterocycles. The molecule has 0 aliphatic carbocycles. The Hall–Kier alpha value is -4.30. The number of ketones is 1. The minimum Gasteiger partial charge on any atom is -0.495 e. The Morgan fingerprint density at radius 3 is 1.69 bits per heavy atom. The van der Waals surface area contributed by atoms with Crippen LogP contribution in [0.15, 0.2) is 65.4 Å². The van der Waals surface area contributed by atoms with Gasteiger partial charge in [-0.05, 0) is 58.4 Å². The van der Waals surface area contributed by atoms with Crippen molar-refractivity contribution in [2.75, 3.05) is 54.1 Å². The molecular weight excluding hydrogens is 693 g/mol. The lowest BCUT2D eigenvalue weighted by atomic mass is 10.0. The zero-order valence-electron chi connectivity index (χ0n) is 25.3. The molecule has 2 aromatic carbocycles. The summed E-state index contributed by atoms with van der Waals surface area (Å²) in [7, 11) is 9.00. The van der Waals surface area contributed by atoms with Crippen LogP contribution < -0.4 is 30.4 Å². The molecule has 1 amide bonds. The van der Waals surface area contributed by atoms with Crippen LogP contribution in [0, 0.1) is 0 Å². The zero-order valence-corrected chi connectivity index (χ0v) is 28.4. The van der Waals surface area contributed by atoms with Gasteiger partial charge in [-0.2, -0.15) is 0 Å². The highest BCUT2D eigenvalue weighted by molar-refractivity contribution is 9.10. The van der Waals surface area contributed by atoms with E-state index in [1.165, 1.54) is 46.7 Å². The topological polar surface area (TPSA) is 161 Å². The molecule has 2 aromatic heterocycles. The van der Waals surface area contributed by atoms with E-state index in [2.05, 4.69) is 25.9 Å². The minimum atomic E-state index is -0.326. The Kier molecular flexibility index (Phi) is 14.6. The number of halogens is 3. The summed E-state index contributed by atoms with van der Waals surface area (Å²) in [5.74, 6) is 1.27. The summed E-state index contributed by atoms with van der Waals surface area (Å²) in [6, 6.07) is 12.8. The molecule has 0 saturated carbocycles. The number of benzene rings is 2. The summed E-state index contributed by atoms with van der Waals surface area (Å²) in [5, 5.41) is 1.98. The first-order valence-corrected chi connectivity index (χ1v) is 14.2. The van der Waals surface area contributed by atoms with E-state index in [9.17, 15) is 9.59 Å². The van der Waals surface area contributed by atoms with Crippen LogP contribution in [0.25, 0.3) is 0 Å². The van der Waals surface area contributed by atoms with Crippen molar-refractivity contribution in [2.45, 2.75) is 0 Å². The van der Waals surface area contributed by atoms with Gasteiger partial charge < -0.3 is 30.4 Å². The number of hydrogen-bond donors (Lipinski definition) is 2. The van der Waals surface area contributed by atoms with Crippen molar-refractivity contribution in [3.8, 4) is 23.3 Å². The number of hydroxylamine groups is 2. The molecule has 240 valence electrons. The number of carbonyl (C=O) groups excluding carboxylic acids is 2. The third-order valence-electron chi connectivity index (χ3n) is 5.78. The highest BCUT2D eigenvalue weighted by Gasteiger charge is 2.19. The summed E-state index contributed by atoms with van der Waals surface area (Å²) < 4.78 is 20.8. The number of aromatic nitrogens is 2. The van der Waals surface area contributed by atoms with Crippen molar-refractivity contribution < 1.29 is 33.4 Å². The number of amides is 1. The van der Waals surface area contributed by atoms with Crippen LogP contribution in [0.1, 0.15) is 26.3 Å². The molecule has 0 saturated heterocycles. The molecule has 0 fully saturated rings. The molecule has 45 heavy (non-hydrogen) atoms. The fraction of sp³-hybridized carbons (Fsp3) is 0.200. The second-order valence-corrected chi connectivity index (χ2v) is 10.3. The van der Waals surface area contributed by atoms with Gasteiger partial charge in [0, 0.05) is 40.1 Å². The quantitative estimate of drug-likeness (QED) is 0.125. The standard InChI is InChI=1S/C14H13ClN2O3.C9H11ClN2O2.C7H8BrNO2/c1-19-9-6-11(14(20-2)17-7-9)13(18)10-5-8(15)3-4-12(10)16;1-12(14-2)9(13)7-5-6(10)3-4-8(7)11;1-10-5-3-6(8)7(11-2)9-4-5/h3-7H,16H2,1-2H3;3-5H,11H2,1-2H3;3-4H,1-2H3. The SMILES string of the molecule is CON(C)C(=O)c1cc(Cl)ccc1N.COc1cnc(OC)c(Br)c1.COc1cnc(OC)c(C(=O)c2cc(Cl)ccc2N)c1. The first-order chi connectivity index (χ1) is 21.4. The fourth-order valence-electron chi connectivity index (χ4n) is 3.38. The van der Waals surface area contributed by atoms with E-state index in [-0.39, 0.29) is 23.1 Å². The fourth-order valence-corrected chi connectivity index (χ4v) is 4.21. The van der Waals surface area contributed by atoms with Crippen LogP contribution in [-0.4, -0.2) is 69.3 Å². The number of methoxy groups -OCH3 is 4. The second-order valence-electron chi connectivity index (χ2n) is 8.58. The predicted octanol–water partition coefficient (Wildman–Crippen LogP) is 5.98. The number of nitrogens with two attached hydrogens (primary N) is 2. The number of hydrogen-bond acceptors (Lipinski definition) is 11. The number of anilines is 2. The normalized spacial score (nSPS) is 9.89. The van der Waals surface area contributed by atoms with Gasteiger partial charge >= 0.3 is 0 Å². The van der Waals surface area contributed by atoms with E-state index in [1.54, 1.807) is 56.8 Å². The molecule has 0 radical (unpaired) electrons. The summed E-state index contributed by atoms with van der Waals surface area (Å²) in [5.41, 5.74) is 13.1. The summed E-state index contributed by atoms with van der Waals surface area (Å²) in [6.45, 7) is 0. The van der Waals surface area contributed by atoms with Crippen molar-refractivity contribution in [2.24, 2.45) is 0 Å². The van der Waals surface area contributed by atoms with Gasteiger partial charge in [-0.1, -0.05) is 23.2 Å². The molecule has 15 heteroatoms. The van der Waals surface area contributed by atoms with E-state index < -0.39 is 0 Å². The predicted molar refractivity (Wildman–Crippen MR) is 177 cm³/mol. The highest BCUT2D eigenvalue weighted by atomic mass is 79.9. The molecule has 0 atom stereocenters. The lowest BCUT2D eigenvalue weighted by molar-refractivity contribution is -0.0756. The molecule has 4 aromatic rings. The first kappa shape index (κ1) is 36.9. The van der Waals surface area contributed by atoms with E-state index >= 15 is 0 Å². The van der Waals surface area contributed by atoms with Crippen LogP contribution in [0.4, 0.5) is 11.4 Å². The average Bonchev–Trinajstić information content (AvgIpc) is 3.06. The summed E-state index contributed by atoms with van der Waals surface area (Å²) in [6.07, 6.45) is 3.07. The molecule has 4 N–H and O–H groups in total. The number of pyridine rings is 2. The third-order valence-corrected chi connectivity index (χ3v) is 6.81. The monoisotopic (exact) mass is 723 g/mol. The minimum absolute atomic E-state index is 0.204. The van der Waals surface area contributed by atoms with Crippen LogP contribution in [0.5, 0.6) is 23.3 Å². The maximum atomic E-state index is 12.6. The summed E-state index contributed by atoms with van der Waals surface area (Å²) >= 11 is 14.9. The van der Waals surface area contributed by atoms with E-state index in [0.717, 1.165) is 9.54 Å². The summed E-state index contributed by atoms with van der Waals surface area (Å²) in [4.78, 5) is 36.9. The van der Waals surface area contributed by atoms with Crippen LogP contribution in [0.3, 0.4) is 0 Å². The van der Waals surface area contributed by atoms with Gasteiger partial charge in [-0.15, -0.1) is 0 Å². The van der Waals surface area contributed by atoms with Crippen LogP contribution in [-0.2, 0) is 4.84 Å². The molecule has 4 rings (SSSR count). The molecular formula is C30H32BrCl2N5O7. The lowest BCUT2D eigenvalue weighted by Gasteiger charge is -2.14. The maximum absolute atomic E-state index is 12.6. The Morgan fingerprint density at radius 2 is 1.20 bits per heavy atom. The third kappa shape index (κ3) is 10.4. The van der Waals surface area contributed by atoms with Gasteiger partial charge in [-0.25, -0.2) is 15.0 Å². The van der Waals surface area contributed by atoms with E-state index in [1.807, 2.05) is 0 Å². The van der Waals surface area contributed by atoms with Crippen molar-refractivity contribution in [1.82, 2.24) is 15.0 Å². The number of rotatable bonds is 8. The number of carbonyl (C=O) groups is 2. The molecule has 0 aliphatic heterocycles. The van der Waals surface area contributed by atoms with Gasteiger partial charge in [0.25, 0.3) is 5.91 Å². The van der Waals surface area contributed by atoms with E-state index in [4.69, 9.17) is 58.5 Å². The van der Waals surface area contributed by atoms with Gasteiger partial charge in [0.05, 0.1) is 63.5 Å². The van der Waals surface area contributed by atoms with Crippen LogP contribution in [0.2, 0.25) is 10.0 Å². The van der Waals surface area contributed by atoms with Gasteiger partial charge in [0.1, 0.15) is 11.5 Å². The first-order valence-electron chi connectivity index (χ1n) is 12.7. The number of nitrogen functional groups attached to an aromatic ring is 2. The largest absolute Gasteiger partial charge is 0.495 e. The molecule has 0 bridgehead atoms. The average molecular weight is 725 g/mol. The number of nitrogens with zero attached hydrogens (tertiary/aromatic N) is 3. The smallest absolute Gasteiger partial charge is 0.279 e. The van der Waals surface area contributed by atoms with Crippen LogP contribution >= 0.6 is 39.1 Å². The Labute approximate surface area is 279 Å².